The standard InChI is InChI=1S/C12H18F2O/c13-12(14)6-2-1-3-10(12)7-9-4-5-11(15)8-9/h9-10H,1-8H2. The monoisotopic (exact) mass is 216 g/mol. The SMILES string of the molecule is O=C1CCC(CC2CCCCC2(F)F)C1. The van der Waals surface area contributed by atoms with Crippen molar-refractivity contribution in [3.63, 3.8) is 0 Å². The summed E-state index contributed by atoms with van der Waals surface area (Å²) in [5.41, 5.74) is 0. The van der Waals surface area contributed by atoms with Crippen LogP contribution in [-0.4, -0.2) is 11.7 Å². The van der Waals surface area contributed by atoms with Gasteiger partial charge in [-0.05, 0) is 31.6 Å². The van der Waals surface area contributed by atoms with Gasteiger partial charge in [0.05, 0.1) is 0 Å². The summed E-state index contributed by atoms with van der Waals surface area (Å²) in [5.74, 6) is -2.42. The van der Waals surface area contributed by atoms with Gasteiger partial charge in [0.15, 0.2) is 0 Å². The first-order valence-corrected chi connectivity index (χ1v) is 5.97. The van der Waals surface area contributed by atoms with Gasteiger partial charge in [-0.3, -0.25) is 4.79 Å². The summed E-state index contributed by atoms with van der Waals surface area (Å²) in [6, 6.07) is 0. The number of carbonyl (C=O) groups excluding carboxylic acids is 1. The van der Waals surface area contributed by atoms with Gasteiger partial charge in [-0.2, -0.15) is 0 Å². The van der Waals surface area contributed by atoms with Crippen molar-refractivity contribution in [3.05, 3.63) is 0 Å². The lowest BCUT2D eigenvalue weighted by Gasteiger charge is -2.32. The van der Waals surface area contributed by atoms with E-state index in [1.54, 1.807) is 0 Å². The van der Waals surface area contributed by atoms with E-state index >= 15 is 0 Å². The molecule has 0 aromatic heterocycles. The first-order chi connectivity index (χ1) is 7.08. The van der Waals surface area contributed by atoms with Gasteiger partial charge in [-0.15, -0.1) is 0 Å². The van der Waals surface area contributed by atoms with Crippen LogP contribution in [0.5, 0.6) is 0 Å². The molecular formula is C12H18F2O. The normalized spacial score (nSPS) is 35.7. The van der Waals surface area contributed by atoms with Crippen molar-refractivity contribution in [2.75, 3.05) is 0 Å². The van der Waals surface area contributed by atoms with Crippen molar-refractivity contribution in [2.24, 2.45) is 11.8 Å². The van der Waals surface area contributed by atoms with Gasteiger partial charge in [0.2, 0.25) is 0 Å². The Morgan fingerprint density at radius 3 is 2.67 bits per heavy atom. The second-order valence-corrected chi connectivity index (χ2v) is 5.09. The molecule has 2 aliphatic rings. The fraction of sp³-hybridized carbons (Fsp3) is 0.917. The van der Waals surface area contributed by atoms with E-state index in [9.17, 15) is 13.6 Å². The van der Waals surface area contributed by atoms with E-state index in [4.69, 9.17) is 0 Å². The van der Waals surface area contributed by atoms with Crippen molar-refractivity contribution in [2.45, 2.75) is 57.3 Å². The fourth-order valence-electron chi connectivity index (χ4n) is 2.95. The fourth-order valence-corrected chi connectivity index (χ4v) is 2.95. The van der Waals surface area contributed by atoms with Crippen LogP contribution in [0.2, 0.25) is 0 Å². The molecule has 0 aromatic carbocycles. The summed E-state index contributed by atoms with van der Waals surface area (Å²) in [6.07, 6.45) is 4.86. The molecule has 0 aromatic rings. The number of alkyl halides is 2. The lowest BCUT2D eigenvalue weighted by molar-refractivity contribution is -0.118. The third-order valence-corrected chi connectivity index (χ3v) is 3.88. The highest BCUT2D eigenvalue weighted by molar-refractivity contribution is 5.80. The van der Waals surface area contributed by atoms with E-state index in [1.807, 2.05) is 0 Å². The van der Waals surface area contributed by atoms with Crippen molar-refractivity contribution in [1.82, 2.24) is 0 Å². The Morgan fingerprint density at radius 2 is 2.07 bits per heavy atom. The Hall–Kier alpha value is -0.470. The minimum absolute atomic E-state index is 0.0539. The average Bonchev–Trinajstić information content (AvgIpc) is 2.55. The predicted octanol–water partition coefficient (Wildman–Crippen LogP) is 3.57. The summed E-state index contributed by atoms with van der Waals surface area (Å²) in [7, 11) is 0. The van der Waals surface area contributed by atoms with E-state index < -0.39 is 11.8 Å². The van der Waals surface area contributed by atoms with Crippen LogP contribution < -0.4 is 0 Å². The van der Waals surface area contributed by atoms with Crippen molar-refractivity contribution < 1.29 is 13.6 Å². The number of ketones is 1. The smallest absolute Gasteiger partial charge is 0.250 e. The molecule has 0 saturated heterocycles. The molecular weight excluding hydrogens is 198 g/mol. The summed E-state index contributed by atoms with van der Waals surface area (Å²) >= 11 is 0. The minimum Gasteiger partial charge on any atom is -0.300 e. The maximum Gasteiger partial charge on any atom is 0.250 e. The Balaban J connectivity index is 1.89. The van der Waals surface area contributed by atoms with E-state index in [0.29, 0.717) is 32.1 Å². The average molecular weight is 216 g/mol. The molecule has 2 fully saturated rings. The Kier molecular flexibility index (Phi) is 3.08. The van der Waals surface area contributed by atoms with Crippen LogP contribution in [0.25, 0.3) is 0 Å². The molecule has 0 amide bonds. The second kappa shape index (κ2) is 4.18. The molecule has 2 aliphatic carbocycles. The Morgan fingerprint density at radius 1 is 1.27 bits per heavy atom. The van der Waals surface area contributed by atoms with Crippen molar-refractivity contribution in [1.29, 1.82) is 0 Å². The van der Waals surface area contributed by atoms with Crippen LogP contribution in [0.3, 0.4) is 0 Å². The molecule has 2 unspecified atom stereocenters. The molecule has 2 saturated carbocycles. The highest BCUT2D eigenvalue weighted by Gasteiger charge is 2.42. The molecule has 15 heavy (non-hydrogen) atoms. The maximum atomic E-state index is 13.5. The molecule has 0 heterocycles. The molecule has 2 atom stereocenters. The van der Waals surface area contributed by atoms with Crippen LogP contribution in [-0.2, 0) is 4.79 Å². The van der Waals surface area contributed by atoms with Gasteiger partial charge >= 0.3 is 0 Å². The zero-order valence-corrected chi connectivity index (χ0v) is 8.98. The van der Waals surface area contributed by atoms with Crippen molar-refractivity contribution >= 4 is 5.78 Å². The molecule has 0 bridgehead atoms. The summed E-state index contributed by atoms with van der Waals surface area (Å²) in [6.45, 7) is 0. The van der Waals surface area contributed by atoms with Gasteiger partial charge in [0.25, 0.3) is 5.92 Å². The Labute approximate surface area is 89.2 Å². The quantitative estimate of drug-likeness (QED) is 0.689. The minimum atomic E-state index is -2.47. The van der Waals surface area contributed by atoms with E-state index in [2.05, 4.69) is 0 Å². The highest BCUT2D eigenvalue weighted by Crippen LogP contribution is 2.43. The number of hydrogen-bond donors (Lipinski definition) is 0. The van der Waals surface area contributed by atoms with E-state index in [0.717, 1.165) is 12.8 Å². The van der Waals surface area contributed by atoms with Crippen LogP contribution in [0.4, 0.5) is 8.78 Å². The van der Waals surface area contributed by atoms with Gasteiger partial charge in [0, 0.05) is 25.2 Å². The first-order valence-electron chi connectivity index (χ1n) is 5.97. The maximum absolute atomic E-state index is 13.5. The highest BCUT2D eigenvalue weighted by atomic mass is 19.3. The predicted molar refractivity (Wildman–Crippen MR) is 53.9 cm³/mol. The molecule has 0 radical (unpaired) electrons. The van der Waals surface area contributed by atoms with Crippen LogP contribution in [0, 0.1) is 11.8 Å². The van der Waals surface area contributed by atoms with Crippen LogP contribution in [0.15, 0.2) is 0 Å². The number of carbonyl (C=O) groups is 1. The summed E-state index contributed by atoms with van der Waals surface area (Å²) in [5, 5.41) is 0. The summed E-state index contributed by atoms with van der Waals surface area (Å²) < 4.78 is 27.1. The van der Waals surface area contributed by atoms with Crippen LogP contribution in [0.1, 0.15) is 51.4 Å². The van der Waals surface area contributed by atoms with Crippen LogP contribution >= 0.6 is 0 Å². The zero-order valence-electron chi connectivity index (χ0n) is 8.98. The summed E-state index contributed by atoms with van der Waals surface area (Å²) in [4.78, 5) is 11.1. The molecule has 86 valence electrons. The molecule has 0 spiro atoms. The van der Waals surface area contributed by atoms with Gasteiger partial charge in [-0.1, -0.05) is 6.42 Å². The third-order valence-electron chi connectivity index (χ3n) is 3.88. The lowest BCUT2D eigenvalue weighted by Crippen LogP contribution is -2.32. The molecule has 1 nitrogen and oxygen atoms in total. The number of Topliss-reactive ketones (excluding diaryl/α,β-unsaturated/α-hetero) is 1. The molecule has 0 N–H and O–H groups in total. The van der Waals surface area contributed by atoms with Crippen molar-refractivity contribution in [3.8, 4) is 0 Å². The molecule has 0 aliphatic heterocycles. The first kappa shape index (κ1) is 11.0. The molecule has 3 heteroatoms. The number of halogens is 2. The number of rotatable bonds is 2. The lowest BCUT2D eigenvalue weighted by atomic mass is 9.79. The topological polar surface area (TPSA) is 17.1 Å². The zero-order chi connectivity index (χ0) is 10.9. The van der Waals surface area contributed by atoms with Gasteiger partial charge < -0.3 is 0 Å². The van der Waals surface area contributed by atoms with Gasteiger partial charge in [-0.25, -0.2) is 8.78 Å². The van der Waals surface area contributed by atoms with Gasteiger partial charge in [0.1, 0.15) is 5.78 Å². The Bertz CT molecular complexity index is 250. The van der Waals surface area contributed by atoms with E-state index in [1.165, 1.54) is 0 Å². The third kappa shape index (κ3) is 2.56. The van der Waals surface area contributed by atoms with E-state index in [-0.39, 0.29) is 18.1 Å². The number of hydrogen-bond acceptors (Lipinski definition) is 1. The molecule has 2 rings (SSSR count). The largest absolute Gasteiger partial charge is 0.300 e. The second-order valence-electron chi connectivity index (χ2n) is 5.09.